The predicted molar refractivity (Wildman–Crippen MR) is 99.6 cm³/mol. The topological polar surface area (TPSA) is 55.6 Å². The molecule has 122 valence electrons. The van der Waals surface area contributed by atoms with Crippen LogP contribution in [0.3, 0.4) is 0 Å². The lowest BCUT2D eigenvalue weighted by atomic mass is 10.2. The highest BCUT2D eigenvalue weighted by Crippen LogP contribution is 2.28. The third-order valence-electron chi connectivity index (χ3n) is 4.33. The van der Waals surface area contributed by atoms with Gasteiger partial charge in [0.05, 0.1) is 23.0 Å². The Morgan fingerprint density at radius 1 is 1.25 bits per heavy atom. The number of fused-ring (bicyclic) bond motifs is 2. The number of thiophene rings is 1. The molecule has 0 saturated heterocycles. The molecule has 4 rings (SSSR count). The molecule has 6 heteroatoms. The van der Waals surface area contributed by atoms with Crippen molar-refractivity contribution >= 4 is 38.4 Å². The van der Waals surface area contributed by atoms with Crippen LogP contribution in [0.25, 0.3) is 21.3 Å². The summed E-state index contributed by atoms with van der Waals surface area (Å²) in [6.45, 7) is 4.91. The molecule has 24 heavy (non-hydrogen) atoms. The summed E-state index contributed by atoms with van der Waals surface area (Å²) in [6, 6.07) is 8.41. The van der Waals surface area contributed by atoms with Gasteiger partial charge in [-0.2, -0.15) is 0 Å². The van der Waals surface area contributed by atoms with Crippen molar-refractivity contribution in [2.24, 2.45) is 7.05 Å². The van der Waals surface area contributed by atoms with Gasteiger partial charge in [-0.05, 0) is 31.0 Å². The average molecular weight is 337 g/mol. The number of para-hydroxylation sites is 1. The number of anilines is 1. The van der Waals surface area contributed by atoms with Crippen LogP contribution in [0.15, 0.2) is 30.6 Å². The zero-order valence-electron chi connectivity index (χ0n) is 14.0. The van der Waals surface area contributed by atoms with Crippen LogP contribution in [0.5, 0.6) is 0 Å². The first-order valence-corrected chi connectivity index (χ1v) is 8.87. The summed E-state index contributed by atoms with van der Waals surface area (Å²) in [7, 11) is 2.06. The number of hydrogen-bond donors (Lipinski definition) is 1. The van der Waals surface area contributed by atoms with Crippen LogP contribution in [0, 0.1) is 6.92 Å². The molecule has 5 nitrogen and oxygen atoms in total. The van der Waals surface area contributed by atoms with E-state index in [1.807, 2.05) is 6.07 Å². The van der Waals surface area contributed by atoms with E-state index in [1.54, 1.807) is 17.7 Å². The second-order valence-electron chi connectivity index (χ2n) is 5.89. The van der Waals surface area contributed by atoms with Gasteiger partial charge in [0.2, 0.25) is 0 Å². The van der Waals surface area contributed by atoms with Gasteiger partial charge in [0.15, 0.2) is 0 Å². The maximum atomic E-state index is 4.75. The molecule has 0 aliphatic carbocycles. The smallest absolute Gasteiger partial charge is 0.138 e. The molecule has 0 fully saturated rings. The van der Waals surface area contributed by atoms with Gasteiger partial charge < -0.3 is 9.88 Å². The fourth-order valence-electron chi connectivity index (χ4n) is 3.05. The van der Waals surface area contributed by atoms with Gasteiger partial charge in [-0.25, -0.2) is 15.0 Å². The minimum absolute atomic E-state index is 0.633. The van der Waals surface area contributed by atoms with Gasteiger partial charge in [-0.15, -0.1) is 11.3 Å². The van der Waals surface area contributed by atoms with Crippen molar-refractivity contribution in [3.05, 3.63) is 46.9 Å². The highest BCUT2D eigenvalue weighted by atomic mass is 32.1. The third-order valence-corrected chi connectivity index (χ3v) is 5.52. The van der Waals surface area contributed by atoms with E-state index in [0.717, 1.165) is 33.8 Å². The Labute approximate surface area is 144 Å². The van der Waals surface area contributed by atoms with E-state index < -0.39 is 0 Å². The minimum atomic E-state index is 0.633. The van der Waals surface area contributed by atoms with Gasteiger partial charge in [0.25, 0.3) is 0 Å². The number of imidazole rings is 1. The monoisotopic (exact) mass is 337 g/mol. The average Bonchev–Trinajstić information content (AvgIpc) is 3.15. The summed E-state index contributed by atoms with van der Waals surface area (Å²) in [4.78, 5) is 15.9. The minimum Gasteiger partial charge on any atom is -0.362 e. The van der Waals surface area contributed by atoms with E-state index in [1.165, 1.54) is 16.0 Å². The first kappa shape index (κ1) is 15.1. The number of nitrogens with zero attached hydrogens (tertiary/aromatic N) is 4. The number of benzene rings is 1. The first-order valence-electron chi connectivity index (χ1n) is 8.05. The number of hydrogen-bond acceptors (Lipinski definition) is 5. The van der Waals surface area contributed by atoms with Gasteiger partial charge in [0.1, 0.15) is 22.8 Å². The zero-order valence-corrected chi connectivity index (χ0v) is 14.8. The van der Waals surface area contributed by atoms with Crippen LogP contribution >= 0.6 is 11.3 Å². The van der Waals surface area contributed by atoms with Crippen molar-refractivity contribution in [2.45, 2.75) is 26.8 Å². The maximum absolute atomic E-state index is 4.75. The normalized spacial score (nSPS) is 11.5. The molecule has 0 aliphatic heterocycles. The van der Waals surface area contributed by atoms with Crippen molar-refractivity contribution in [2.75, 3.05) is 5.32 Å². The number of aromatic nitrogens is 4. The Hall–Kier alpha value is -2.47. The van der Waals surface area contributed by atoms with Crippen LogP contribution in [0.4, 0.5) is 5.82 Å². The summed E-state index contributed by atoms with van der Waals surface area (Å²) in [5, 5.41) is 4.53. The Morgan fingerprint density at radius 3 is 2.92 bits per heavy atom. The largest absolute Gasteiger partial charge is 0.362 e. The molecule has 3 heterocycles. The van der Waals surface area contributed by atoms with E-state index >= 15 is 0 Å². The fraction of sp³-hybridized carbons (Fsp3) is 0.278. The zero-order chi connectivity index (χ0) is 16.7. The predicted octanol–water partition coefficient (Wildman–Crippen LogP) is 4.06. The highest BCUT2D eigenvalue weighted by molar-refractivity contribution is 7.18. The standard InChI is InChI=1S/C18H19N5S/c1-4-12-8-13-17(20-10-21-18(13)24-12)19-9-15-22-14-7-5-6-11(2)16(14)23(15)3/h5-8,10H,4,9H2,1-3H3,(H,19,20,21). The molecule has 0 radical (unpaired) electrons. The summed E-state index contributed by atoms with van der Waals surface area (Å²) in [5.41, 5.74) is 3.46. The molecule has 1 N–H and O–H groups in total. The number of rotatable bonds is 4. The van der Waals surface area contributed by atoms with E-state index in [-0.39, 0.29) is 0 Å². The molecule has 3 aromatic heterocycles. The number of aryl methyl sites for hydroxylation is 3. The van der Waals surface area contributed by atoms with Crippen LogP contribution in [0.2, 0.25) is 0 Å². The van der Waals surface area contributed by atoms with Crippen molar-refractivity contribution in [1.82, 2.24) is 19.5 Å². The summed E-state index contributed by atoms with van der Waals surface area (Å²) >= 11 is 1.73. The Bertz CT molecular complexity index is 1030. The highest BCUT2D eigenvalue weighted by Gasteiger charge is 2.11. The van der Waals surface area contributed by atoms with E-state index in [0.29, 0.717) is 6.54 Å². The van der Waals surface area contributed by atoms with Crippen molar-refractivity contribution in [3.63, 3.8) is 0 Å². The Morgan fingerprint density at radius 2 is 2.12 bits per heavy atom. The van der Waals surface area contributed by atoms with Crippen molar-refractivity contribution < 1.29 is 0 Å². The lowest BCUT2D eigenvalue weighted by Gasteiger charge is -2.07. The Balaban J connectivity index is 1.67. The van der Waals surface area contributed by atoms with E-state index in [2.05, 4.69) is 58.9 Å². The molecular formula is C18H19N5S. The molecule has 0 bridgehead atoms. The summed E-state index contributed by atoms with van der Waals surface area (Å²) < 4.78 is 2.15. The van der Waals surface area contributed by atoms with Crippen molar-refractivity contribution in [1.29, 1.82) is 0 Å². The quantitative estimate of drug-likeness (QED) is 0.610. The van der Waals surface area contributed by atoms with E-state index in [4.69, 9.17) is 4.98 Å². The lowest BCUT2D eigenvalue weighted by Crippen LogP contribution is -2.07. The molecular weight excluding hydrogens is 318 g/mol. The van der Waals surface area contributed by atoms with Crippen molar-refractivity contribution in [3.8, 4) is 0 Å². The number of nitrogens with one attached hydrogen (secondary N) is 1. The molecule has 0 aliphatic rings. The van der Waals surface area contributed by atoms with Crippen LogP contribution in [-0.4, -0.2) is 19.5 Å². The molecule has 1 aromatic carbocycles. The van der Waals surface area contributed by atoms with Gasteiger partial charge in [-0.1, -0.05) is 19.1 Å². The second-order valence-corrected chi connectivity index (χ2v) is 7.01. The molecule has 0 saturated carbocycles. The van der Waals surface area contributed by atoms with Gasteiger partial charge >= 0.3 is 0 Å². The molecule has 0 atom stereocenters. The summed E-state index contributed by atoms with van der Waals surface area (Å²) in [5.74, 6) is 1.87. The summed E-state index contributed by atoms with van der Waals surface area (Å²) in [6.07, 6.45) is 2.64. The Kier molecular flexibility index (Phi) is 3.69. The van der Waals surface area contributed by atoms with Gasteiger partial charge in [0, 0.05) is 11.9 Å². The fourth-order valence-corrected chi connectivity index (χ4v) is 3.99. The SMILES string of the molecule is CCc1cc2c(NCc3nc4cccc(C)c4n3C)ncnc2s1. The molecule has 0 amide bonds. The third kappa shape index (κ3) is 2.43. The maximum Gasteiger partial charge on any atom is 0.138 e. The molecule has 0 spiro atoms. The second kappa shape index (κ2) is 5.87. The first-order chi connectivity index (χ1) is 11.7. The molecule has 4 aromatic rings. The van der Waals surface area contributed by atoms with Gasteiger partial charge in [-0.3, -0.25) is 0 Å². The lowest BCUT2D eigenvalue weighted by molar-refractivity contribution is 0.831. The van der Waals surface area contributed by atoms with Crippen LogP contribution in [0.1, 0.15) is 23.2 Å². The van der Waals surface area contributed by atoms with Crippen LogP contribution in [-0.2, 0) is 20.0 Å². The van der Waals surface area contributed by atoms with Crippen LogP contribution < -0.4 is 5.32 Å². The van der Waals surface area contributed by atoms with E-state index in [9.17, 15) is 0 Å². The molecule has 0 unspecified atom stereocenters.